The lowest BCUT2D eigenvalue weighted by molar-refractivity contribution is -0.384. The fraction of sp³-hybridized carbons (Fsp3) is 0.391. The van der Waals surface area contributed by atoms with Gasteiger partial charge in [-0.15, -0.1) is 0 Å². The molecule has 0 radical (unpaired) electrons. The van der Waals surface area contributed by atoms with Crippen molar-refractivity contribution in [3.05, 3.63) is 64.0 Å². The Kier molecular flexibility index (Phi) is 7.21. The number of benzene rings is 2. The molecular formula is C23H25FN4O6. The van der Waals surface area contributed by atoms with Gasteiger partial charge >= 0.3 is 5.97 Å². The van der Waals surface area contributed by atoms with Crippen LogP contribution < -0.4 is 9.80 Å². The molecule has 0 bridgehead atoms. The van der Waals surface area contributed by atoms with E-state index in [1.165, 1.54) is 30.3 Å². The molecule has 2 fully saturated rings. The zero-order valence-electron chi connectivity index (χ0n) is 18.5. The predicted octanol–water partition coefficient (Wildman–Crippen LogP) is 2.08. The lowest BCUT2D eigenvalue weighted by Crippen LogP contribution is -2.50. The summed E-state index contributed by atoms with van der Waals surface area (Å²) in [6.45, 7) is 3.58. The molecule has 2 aromatic rings. The predicted molar refractivity (Wildman–Crippen MR) is 122 cm³/mol. The Morgan fingerprint density at radius 2 is 1.65 bits per heavy atom. The van der Waals surface area contributed by atoms with E-state index < -0.39 is 17.5 Å². The molecule has 0 aliphatic carbocycles. The Morgan fingerprint density at radius 1 is 0.971 bits per heavy atom. The second-order valence-corrected chi connectivity index (χ2v) is 7.98. The van der Waals surface area contributed by atoms with Gasteiger partial charge in [0.25, 0.3) is 11.6 Å². The van der Waals surface area contributed by atoms with Gasteiger partial charge in [-0.25, -0.2) is 9.18 Å². The zero-order valence-corrected chi connectivity index (χ0v) is 18.5. The number of rotatable bonds is 6. The molecule has 0 unspecified atom stereocenters. The summed E-state index contributed by atoms with van der Waals surface area (Å²) in [4.78, 5) is 41.6. The SMILES string of the molecule is O=C(OCC(=O)N1CCN(c2ccc(F)cc2)CC1)c1cc([N+](=O)[O-])ccc1N1CCOCC1. The van der Waals surface area contributed by atoms with Crippen LogP contribution >= 0.6 is 0 Å². The molecule has 0 spiro atoms. The summed E-state index contributed by atoms with van der Waals surface area (Å²) in [6, 6.07) is 10.2. The van der Waals surface area contributed by atoms with Crippen LogP contribution in [0.1, 0.15) is 10.4 Å². The molecule has 34 heavy (non-hydrogen) atoms. The Hall–Kier alpha value is -3.73. The van der Waals surface area contributed by atoms with Gasteiger partial charge in [0, 0.05) is 57.1 Å². The van der Waals surface area contributed by atoms with Crippen molar-refractivity contribution in [3.63, 3.8) is 0 Å². The number of carbonyl (C=O) groups is 2. The number of hydrogen-bond acceptors (Lipinski definition) is 8. The fourth-order valence-electron chi connectivity index (χ4n) is 4.04. The molecular weight excluding hydrogens is 447 g/mol. The number of amides is 1. The van der Waals surface area contributed by atoms with Crippen molar-refractivity contribution in [1.82, 2.24) is 4.90 Å². The van der Waals surface area contributed by atoms with E-state index in [-0.39, 0.29) is 23.0 Å². The van der Waals surface area contributed by atoms with Crippen molar-refractivity contribution < 1.29 is 28.4 Å². The minimum Gasteiger partial charge on any atom is -0.452 e. The van der Waals surface area contributed by atoms with E-state index in [4.69, 9.17) is 9.47 Å². The van der Waals surface area contributed by atoms with Crippen LogP contribution in [0.2, 0.25) is 0 Å². The summed E-state index contributed by atoms with van der Waals surface area (Å²) in [5.74, 6) is -1.44. The van der Waals surface area contributed by atoms with E-state index in [1.54, 1.807) is 17.0 Å². The Balaban J connectivity index is 1.36. The van der Waals surface area contributed by atoms with Gasteiger partial charge in [0.15, 0.2) is 6.61 Å². The summed E-state index contributed by atoms with van der Waals surface area (Å²) in [5.41, 5.74) is 1.21. The van der Waals surface area contributed by atoms with Crippen LogP contribution in [0.5, 0.6) is 0 Å². The first-order valence-electron chi connectivity index (χ1n) is 11.0. The van der Waals surface area contributed by atoms with Crippen LogP contribution in [0.4, 0.5) is 21.5 Å². The van der Waals surface area contributed by atoms with E-state index in [1.807, 2.05) is 9.80 Å². The first-order valence-corrected chi connectivity index (χ1v) is 11.0. The van der Waals surface area contributed by atoms with Crippen molar-refractivity contribution in [2.24, 2.45) is 0 Å². The highest BCUT2D eigenvalue weighted by Crippen LogP contribution is 2.27. The summed E-state index contributed by atoms with van der Waals surface area (Å²) in [7, 11) is 0. The molecule has 2 saturated heterocycles. The van der Waals surface area contributed by atoms with Gasteiger partial charge in [-0.3, -0.25) is 14.9 Å². The lowest BCUT2D eigenvalue weighted by Gasteiger charge is -2.36. The Bertz CT molecular complexity index is 1050. The third-order valence-corrected chi connectivity index (χ3v) is 5.91. The lowest BCUT2D eigenvalue weighted by atomic mass is 10.1. The molecule has 0 atom stereocenters. The topological polar surface area (TPSA) is 105 Å². The normalized spacial score (nSPS) is 16.3. The van der Waals surface area contributed by atoms with E-state index >= 15 is 0 Å². The summed E-state index contributed by atoms with van der Waals surface area (Å²) < 4.78 is 23.7. The first kappa shape index (κ1) is 23.4. The summed E-state index contributed by atoms with van der Waals surface area (Å²) in [6.07, 6.45) is 0. The van der Waals surface area contributed by atoms with Crippen LogP contribution in [0.3, 0.4) is 0 Å². The second-order valence-electron chi connectivity index (χ2n) is 7.98. The van der Waals surface area contributed by atoms with Crippen LogP contribution in [0.15, 0.2) is 42.5 Å². The average molecular weight is 472 g/mol. The van der Waals surface area contributed by atoms with Gasteiger partial charge in [0.1, 0.15) is 5.82 Å². The highest BCUT2D eigenvalue weighted by Gasteiger charge is 2.26. The van der Waals surface area contributed by atoms with E-state index in [0.717, 1.165) is 5.69 Å². The summed E-state index contributed by atoms with van der Waals surface area (Å²) in [5, 5.41) is 11.2. The van der Waals surface area contributed by atoms with E-state index in [0.29, 0.717) is 58.2 Å². The number of esters is 1. The van der Waals surface area contributed by atoms with Crippen LogP contribution in [0, 0.1) is 15.9 Å². The van der Waals surface area contributed by atoms with E-state index in [9.17, 15) is 24.1 Å². The highest BCUT2D eigenvalue weighted by molar-refractivity contribution is 5.97. The molecule has 2 aliphatic rings. The Labute approximate surface area is 195 Å². The van der Waals surface area contributed by atoms with Crippen LogP contribution in [-0.4, -0.2) is 80.8 Å². The minimum absolute atomic E-state index is 0.0463. The maximum Gasteiger partial charge on any atom is 0.341 e. The molecule has 10 nitrogen and oxygen atoms in total. The van der Waals surface area contributed by atoms with Crippen molar-refractivity contribution in [3.8, 4) is 0 Å². The number of nitrogens with zero attached hydrogens (tertiary/aromatic N) is 4. The highest BCUT2D eigenvalue weighted by atomic mass is 19.1. The number of carbonyl (C=O) groups excluding carboxylic acids is 2. The smallest absolute Gasteiger partial charge is 0.341 e. The van der Waals surface area contributed by atoms with Crippen LogP contribution in [-0.2, 0) is 14.3 Å². The molecule has 0 aromatic heterocycles. The quantitative estimate of drug-likeness (QED) is 0.358. The number of nitro groups is 1. The third-order valence-electron chi connectivity index (χ3n) is 5.91. The maximum absolute atomic E-state index is 13.1. The molecule has 2 aromatic carbocycles. The number of non-ortho nitro benzene ring substituents is 1. The van der Waals surface area contributed by atoms with Gasteiger partial charge in [-0.05, 0) is 30.3 Å². The molecule has 2 aliphatic heterocycles. The van der Waals surface area contributed by atoms with Crippen molar-refractivity contribution in [1.29, 1.82) is 0 Å². The van der Waals surface area contributed by atoms with Gasteiger partial charge in [-0.1, -0.05) is 0 Å². The molecule has 180 valence electrons. The second kappa shape index (κ2) is 10.5. The van der Waals surface area contributed by atoms with Gasteiger partial charge in [-0.2, -0.15) is 0 Å². The standard InChI is InChI=1S/C23H25FN4O6/c24-17-1-3-18(4-2-17)25-7-9-27(10-8-25)22(29)16-34-23(30)20-15-19(28(31)32)5-6-21(20)26-11-13-33-14-12-26/h1-6,15H,7-14,16H2. The van der Waals surface area contributed by atoms with Crippen molar-refractivity contribution >= 4 is 28.9 Å². The van der Waals surface area contributed by atoms with Gasteiger partial charge in [0.2, 0.25) is 0 Å². The number of halogens is 1. The van der Waals surface area contributed by atoms with Gasteiger partial charge in [0.05, 0.1) is 29.4 Å². The first-order chi connectivity index (χ1) is 16.4. The number of nitro benzene ring substituents is 1. The maximum atomic E-state index is 13.1. The van der Waals surface area contributed by atoms with E-state index in [2.05, 4.69) is 0 Å². The summed E-state index contributed by atoms with van der Waals surface area (Å²) >= 11 is 0. The number of piperazine rings is 1. The number of morpholine rings is 1. The van der Waals surface area contributed by atoms with Gasteiger partial charge < -0.3 is 24.2 Å². The molecule has 2 heterocycles. The number of hydrogen-bond donors (Lipinski definition) is 0. The fourth-order valence-corrected chi connectivity index (χ4v) is 4.04. The zero-order chi connectivity index (χ0) is 24.1. The minimum atomic E-state index is -0.788. The van der Waals surface area contributed by atoms with Crippen molar-refractivity contribution in [2.45, 2.75) is 0 Å². The molecule has 11 heteroatoms. The average Bonchev–Trinajstić information content (AvgIpc) is 2.87. The number of anilines is 2. The monoisotopic (exact) mass is 472 g/mol. The van der Waals surface area contributed by atoms with Crippen LogP contribution in [0.25, 0.3) is 0 Å². The molecule has 4 rings (SSSR count). The molecule has 0 N–H and O–H groups in total. The Morgan fingerprint density at radius 3 is 2.29 bits per heavy atom. The molecule has 0 saturated carbocycles. The third kappa shape index (κ3) is 5.42. The number of ether oxygens (including phenoxy) is 2. The van der Waals surface area contributed by atoms with Crippen molar-refractivity contribution in [2.75, 3.05) is 68.9 Å². The largest absolute Gasteiger partial charge is 0.452 e. The molecule has 1 amide bonds.